The van der Waals surface area contributed by atoms with Gasteiger partial charge >= 0.3 is 0 Å². The van der Waals surface area contributed by atoms with Crippen LogP contribution in [0.4, 0.5) is 0 Å². The molecule has 0 bridgehead atoms. The van der Waals surface area contributed by atoms with E-state index in [9.17, 15) is 4.79 Å². The molecule has 2 rings (SSSR count). The molecule has 1 aliphatic rings. The second-order valence-corrected chi connectivity index (χ2v) is 5.88. The molecule has 1 saturated carbocycles. The number of aliphatic hydroxyl groups is 1. The number of carbonyl (C=O) groups is 1. The Hall–Kier alpha value is -1.00. The summed E-state index contributed by atoms with van der Waals surface area (Å²) in [4.78, 5) is 12.8. The van der Waals surface area contributed by atoms with Gasteiger partial charge in [0.05, 0.1) is 6.10 Å². The molecule has 18 heavy (non-hydrogen) atoms. The third-order valence-electron chi connectivity index (χ3n) is 3.14. The Bertz CT molecular complexity index is 377. The van der Waals surface area contributed by atoms with E-state index in [0.717, 1.165) is 18.6 Å². The van der Waals surface area contributed by atoms with Gasteiger partial charge in [0.25, 0.3) is 0 Å². The van der Waals surface area contributed by atoms with Crippen LogP contribution in [0.25, 0.3) is 0 Å². The second kappa shape index (κ2) is 6.81. The van der Waals surface area contributed by atoms with Crippen molar-refractivity contribution in [3.63, 3.8) is 0 Å². The molecular formula is C14H19NO2S. The van der Waals surface area contributed by atoms with Crippen LogP contribution in [-0.2, 0) is 4.79 Å². The molecule has 1 aromatic carbocycles. The predicted molar refractivity (Wildman–Crippen MR) is 73.5 cm³/mol. The molecular weight excluding hydrogens is 246 g/mol. The second-order valence-electron chi connectivity index (χ2n) is 4.71. The van der Waals surface area contributed by atoms with Crippen molar-refractivity contribution in [2.24, 2.45) is 5.92 Å². The average Bonchev–Trinajstić information content (AvgIpc) is 2.34. The zero-order chi connectivity index (χ0) is 12.8. The van der Waals surface area contributed by atoms with E-state index in [4.69, 9.17) is 5.11 Å². The van der Waals surface area contributed by atoms with Gasteiger partial charge in [-0.1, -0.05) is 18.2 Å². The van der Waals surface area contributed by atoms with Gasteiger partial charge < -0.3 is 10.4 Å². The van der Waals surface area contributed by atoms with Crippen molar-refractivity contribution in [3.8, 4) is 0 Å². The third kappa shape index (κ3) is 4.35. The lowest BCUT2D eigenvalue weighted by molar-refractivity contribution is -0.121. The molecule has 0 heterocycles. The van der Waals surface area contributed by atoms with Crippen LogP contribution in [0.15, 0.2) is 35.2 Å². The number of rotatable bonds is 6. The number of nitrogens with one attached hydrogen (secondary N) is 1. The first-order valence-corrected chi connectivity index (χ1v) is 7.35. The summed E-state index contributed by atoms with van der Waals surface area (Å²) in [6.45, 7) is 0.714. The van der Waals surface area contributed by atoms with Crippen LogP contribution in [0, 0.1) is 5.92 Å². The van der Waals surface area contributed by atoms with Crippen molar-refractivity contribution in [1.82, 2.24) is 5.32 Å². The first kappa shape index (κ1) is 13.4. The van der Waals surface area contributed by atoms with Gasteiger partial charge in [-0.3, -0.25) is 4.79 Å². The summed E-state index contributed by atoms with van der Waals surface area (Å²) < 4.78 is 0. The van der Waals surface area contributed by atoms with Gasteiger partial charge in [-0.2, -0.15) is 0 Å². The topological polar surface area (TPSA) is 49.3 Å². The molecule has 0 radical (unpaired) electrons. The van der Waals surface area contributed by atoms with Gasteiger partial charge in [0.2, 0.25) is 5.91 Å². The molecule has 0 aromatic heterocycles. The fraction of sp³-hybridized carbons (Fsp3) is 0.500. The van der Waals surface area contributed by atoms with Crippen LogP contribution in [-0.4, -0.2) is 29.4 Å². The molecule has 0 saturated heterocycles. The average molecular weight is 265 g/mol. The molecule has 4 heteroatoms. The first-order chi connectivity index (χ1) is 8.74. The summed E-state index contributed by atoms with van der Waals surface area (Å²) in [6, 6.07) is 10.1. The highest BCUT2D eigenvalue weighted by molar-refractivity contribution is 7.99. The van der Waals surface area contributed by atoms with Crippen molar-refractivity contribution in [3.05, 3.63) is 30.3 Å². The molecule has 3 nitrogen and oxygen atoms in total. The largest absolute Gasteiger partial charge is 0.393 e. The lowest BCUT2D eigenvalue weighted by atomic mass is 9.82. The molecule has 2 N–H and O–H groups in total. The first-order valence-electron chi connectivity index (χ1n) is 6.36. The maximum absolute atomic E-state index is 11.6. The van der Waals surface area contributed by atoms with E-state index in [2.05, 4.69) is 17.4 Å². The summed E-state index contributed by atoms with van der Waals surface area (Å²) in [5.74, 6) is 1.40. The molecule has 98 valence electrons. The number of hydrogen-bond acceptors (Lipinski definition) is 3. The smallest absolute Gasteiger partial charge is 0.220 e. The molecule has 0 atom stereocenters. The SMILES string of the molecule is O=C(CCSc1ccccc1)NCC1CC(O)C1. The normalized spacial score (nSPS) is 22.3. The minimum atomic E-state index is -0.138. The molecule has 1 fully saturated rings. The van der Waals surface area contributed by atoms with E-state index < -0.39 is 0 Å². The molecule has 1 aromatic rings. The van der Waals surface area contributed by atoms with Crippen LogP contribution in [0.2, 0.25) is 0 Å². The Morgan fingerprint density at radius 3 is 2.72 bits per heavy atom. The zero-order valence-corrected chi connectivity index (χ0v) is 11.2. The summed E-state index contributed by atoms with van der Waals surface area (Å²) in [5.41, 5.74) is 0. The number of aliphatic hydroxyl groups excluding tert-OH is 1. The monoisotopic (exact) mass is 265 g/mol. The molecule has 0 aliphatic heterocycles. The highest BCUT2D eigenvalue weighted by Gasteiger charge is 2.26. The Labute approximate surface area is 112 Å². The molecule has 1 amide bonds. The van der Waals surface area contributed by atoms with E-state index in [-0.39, 0.29) is 12.0 Å². The quantitative estimate of drug-likeness (QED) is 0.774. The standard InChI is InChI=1S/C14H19NO2S/c16-12-8-11(9-12)10-15-14(17)6-7-18-13-4-2-1-3-5-13/h1-5,11-12,16H,6-10H2,(H,15,17). The number of hydrogen-bond donors (Lipinski definition) is 2. The number of amides is 1. The summed E-state index contributed by atoms with van der Waals surface area (Å²) in [7, 11) is 0. The van der Waals surface area contributed by atoms with Gasteiger partial charge in [0.1, 0.15) is 0 Å². The Balaban J connectivity index is 1.55. The third-order valence-corrected chi connectivity index (χ3v) is 4.15. The van der Waals surface area contributed by atoms with Gasteiger partial charge in [-0.25, -0.2) is 0 Å². The van der Waals surface area contributed by atoms with Gasteiger partial charge in [-0.05, 0) is 30.9 Å². The number of thioether (sulfide) groups is 1. The van der Waals surface area contributed by atoms with Crippen molar-refractivity contribution in [1.29, 1.82) is 0 Å². The number of benzene rings is 1. The predicted octanol–water partition coefficient (Wildman–Crippen LogP) is 2.06. The van der Waals surface area contributed by atoms with Crippen molar-refractivity contribution < 1.29 is 9.90 Å². The lowest BCUT2D eigenvalue weighted by Crippen LogP contribution is -2.38. The minimum absolute atomic E-state index is 0.111. The van der Waals surface area contributed by atoms with Crippen molar-refractivity contribution in [2.75, 3.05) is 12.3 Å². The maximum atomic E-state index is 11.6. The molecule has 0 spiro atoms. The van der Waals surface area contributed by atoms with E-state index in [0.29, 0.717) is 18.9 Å². The van der Waals surface area contributed by atoms with Gasteiger partial charge in [0, 0.05) is 23.6 Å². The van der Waals surface area contributed by atoms with Crippen LogP contribution in [0.1, 0.15) is 19.3 Å². The Kier molecular flexibility index (Phi) is 5.08. The lowest BCUT2D eigenvalue weighted by Gasteiger charge is -2.31. The van der Waals surface area contributed by atoms with Gasteiger partial charge in [-0.15, -0.1) is 11.8 Å². The summed E-state index contributed by atoms with van der Waals surface area (Å²) in [6.07, 6.45) is 2.08. The molecule has 0 unspecified atom stereocenters. The molecule has 1 aliphatic carbocycles. The van der Waals surface area contributed by atoms with Crippen LogP contribution in [0.5, 0.6) is 0 Å². The van der Waals surface area contributed by atoms with Crippen LogP contribution < -0.4 is 5.32 Å². The van der Waals surface area contributed by atoms with Crippen molar-refractivity contribution in [2.45, 2.75) is 30.3 Å². The van der Waals surface area contributed by atoms with Crippen LogP contribution >= 0.6 is 11.8 Å². The van der Waals surface area contributed by atoms with Crippen molar-refractivity contribution >= 4 is 17.7 Å². The number of carbonyl (C=O) groups excluding carboxylic acids is 1. The minimum Gasteiger partial charge on any atom is -0.393 e. The van der Waals surface area contributed by atoms with E-state index in [1.807, 2.05) is 18.2 Å². The summed E-state index contributed by atoms with van der Waals surface area (Å²) >= 11 is 1.70. The highest BCUT2D eigenvalue weighted by Crippen LogP contribution is 2.26. The summed E-state index contributed by atoms with van der Waals surface area (Å²) in [5, 5.41) is 12.1. The Morgan fingerprint density at radius 1 is 1.33 bits per heavy atom. The van der Waals surface area contributed by atoms with Crippen LogP contribution in [0.3, 0.4) is 0 Å². The van der Waals surface area contributed by atoms with E-state index in [1.165, 1.54) is 4.90 Å². The fourth-order valence-corrected chi connectivity index (χ4v) is 2.86. The maximum Gasteiger partial charge on any atom is 0.220 e. The zero-order valence-electron chi connectivity index (χ0n) is 10.3. The highest BCUT2D eigenvalue weighted by atomic mass is 32.2. The van der Waals surface area contributed by atoms with E-state index in [1.54, 1.807) is 11.8 Å². The van der Waals surface area contributed by atoms with E-state index >= 15 is 0 Å². The Morgan fingerprint density at radius 2 is 2.06 bits per heavy atom. The van der Waals surface area contributed by atoms with Gasteiger partial charge in [0.15, 0.2) is 0 Å². The fourth-order valence-electron chi connectivity index (χ4n) is 1.99.